The van der Waals surface area contributed by atoms with Crippen molar-refractivity contribution in [2.75, 3.05) is 20.8 Å². The van der Waals surface area contributed by atoms with Crippen LogP contribution in [-0.4, -0.2) is 20.8 Å². The lowest BCUT2D eigenvalue weighted by Gasteiger charge is -2.08. The van der Waals surface area contributed by atoms with Crippen molar-refractivity contribution in [2.45, 2.75) is 6.92 Å². The lowest BCUT2D eigenvalue weighted by Crippen LogP contribution is -1.91. The van der Waals surface area contributed by atoms with E-state index in [0.717, 1.165) is 16.9 Å². The molecule has 0 saturated heterocycles. The highest BCUT2D eigenvalue weighted by atomic mass is 16.5. The molecule has 0 N–H and O–H groups in total. The van der Waals surface area contributed by atoms with Gasteiger partial charge in [-0.05, 0) is 48.4 Å². The van der Waals surface area contributed by atoms with Gasteiger partial charge in [-0.15, -0.1) is 0 Å². The van der Waals surface area contributed by atoms with E-state index in [2.05, 4.69) is 6.07 Å². The largest absolute Gasteiger partial charge is 0.497 e. The average molecular weight is 309 g/mol. The highest BCUT2D eigenvalue weighted by Crippen LogP contribution is 2.28. The molecule has 0 radical (unpaired) electrons. The molecule has 0 bridgehead atoms. The van der Waals surface area contributed by atoms with E-state index in [4.69, 9.17) is 14.2 Å². The standard InChI is InChI=1S/C19H19NO3/c1-4-23-17-7-5-14(6-8-17)9-16(13-20)15-10-18(21-2)12-19(11-15)22-3/h5-12H,4H2,1-3H3/b16-9+. The van der Waals surface area contributed by atoms with E-state index in [1.54, 1.807) is 20.3 Å². The smallest absolute Gasteiger partial charge is 0.123 e. The molecule has 0 spiro atoms. The molecule has 0 amide bonds. The maximum Gasteiger partial charge on any atom is 0.123 e. The number of allylic oxidation sites excluding steroid dienone is 1. The van der Waals surface area contributed by atoms with Crippen molar-refractivity contribution in [2.24, 2.45) is 0 Å². The molecule has 0 atom stereocenters. The van der Waals surface area contributed by atoms with Gasteiger partial charge in [-0.25, -0.2) is 0 Å². The molecule has 4 heteroatoms. The number of methoxy groups -OCH3 is 2. The van der Waals surface area contributed by atoms with Crippen molar-refractivity contribution in [1.29, 1.82) is 5.26 Å². The molecular formula is C19H19NO3. The van der Waals surface area contributed by atoms with Gasteiger partial charge < -0.3 is 14.2 Å². The molecule has 2 aromatic carbocycles. The molecule has 4 nitrogen and oxygen atoms in total. The Balaban J connectivity index is 2.37. The maximum atomic E-state index is 9.48. The van der Waals surface area contributed by atoms with Gasteiger partial charge in [-0.1, -0.05) is 12.1 Å². The van der Waals surface area contributed by atoms with Crippen molar-refractivity contribution in [3.05, 3.63) is 53.6 Å². The highest BCUT2D eigenvalue weighted by Gasteiger charge is 2.07. The van der Waals surface area contributed by atoms with Gasteiger partial charge in [-0.3, -0.25) is 0 Å². The Morgan fingerprint density at radius 3 is 2.09 bits per heavy atom. The Kier molecular flexibility index (Phi) is 5.65. The van der Waals surface area contributed by atoms with Gasteiger partial charge in [-0.2, -0.15) is 5.26 Å². The van der Waals surface area contributed by atoms with Crippen LogP contribution in [-0.2, 0) is 0 Å². The van der Waals surface area contributed by atoms with Crippen LogP contribution in [0.2, 0.25) is 0 Å². The first-order valence-electron chi connectivity index (χ1n) is 7.28. The molecular weight excluding hydrogens is 290 g/mol. The Bertz CT molecular complexity index is 705. The number of hydrogen-bond donors (Lipinski definition) is 0. The lowest BCUT2D eigenvalue weighted by molar-refractivity contribution is 0.340. The minimum absolute atomic E-state index is 0.534. The van der Waals surface area contributed by atoms with E-state index in [-0.39, 0.29) is 0 Å². The van der Waals surface area contributed by atoms with Crippen LogP contribution in [0.15, 0.2) is 42.5 Å². The first kappa shape index (κ1) is 16.4. The van der Waals surface area contributed by atoms with E-state index in [9.17, 15) is 5.26 Å². The first-order chi connectivity index (χ1) is 11.2. The quantitative estimate of drug-likeness (QED) is 0.593. The van der Waals surface area contributed by atoms with Crippen LogP contribution in [0.1, 0.15) is 18.1 Å². The van der Waals surface area contributed by atoms with Crippen LogP contribution >= 0.6 is 0 Å². The Hall–Kier alpha value is -2.93. The van der Waals surface area contributed by atoms with Gasteiger partial charge in [0.05, 0.1) is 32.5 Å². The fourth-order valence-corrected chi connectivity index (χ4v) is 2.14. The molecule has 0 saturated carbocycles. The van der Waals surface area contributed by atoms with Gasteiger partial charge in [0.15, 0.2) is 0 Å². The summed E-state index contributed by atoms with van der Waals surface area (Å²) < 4.78 is 15.9. The zero-order valence-corrected chi connectivity index (χ0v) is 13.5. The number of ether oxygens (including phenoxy) is 3. The Morgan fingerprint density at radius 1 is 1.00 bits per heavy atom. The third kappa shape index (κ3) is 4.27. The molecule has 0 aliphatic heterocycles. The van der Waals surface area contributed by atoms with E-state index < -0.39 is 0 Å². The molecule has 0 aliphatic carbocycles. The number of hydrogen-bond acceptors (Lipinski definition) is 4. The maximum absolute atomic E-state index is 9.48. The van der Waals surface area contributed by atoms with Crippen molar-refractivity contribution in [3.63, 3.8) is 0 Å². The van der Waals surface area contributed by atoms with Gasteiger partial charge in [0.1, 0.15) is 17.2 Å². The third-order valence-electron chi connectivity index (χ3n) is 3.29. The minimum atomic E-state index is 0.534. The molecule has 0 fully saturated rings. The summed E-state index contributed by atoms with van der Waals surface area (Å²) in [5.74, 6) is 2.10. The first-order valence-corrected chi connectivity index (χ1v) is 7.28. The molecule has 23 heavy (non-hydrogen) atoms. The zero-order valence-electron chi connectivity index (χ0n) is 13.5. The molecule has 118 valence electrons. The van der Waals surface area contributed by atoms with Gasteiger partial charge in [0.25, 0.3) is 0 Å². The summed E-state index contributed by atoms with van der Waals surface area (Å²) in [5.41, 5.74) is 2.20. The van der Waals surface area contributed by atoms with Crippen molar-refractivity contribution >= 4 is 11.6 Å². The van der Waals surface area contributed by atoms with Crippen LogP contribution in [0.4, 0.5) is 0 Å². The number of nitrogens with zero attached hydrogens (tertiary/aromatic N) is 1. The summed E-state index contributed by atoms with van der Waals surface area (Å²) in [6, 6.07) is 15.2. The van der Waals surface area contributed by atoms with Crippen molar-refractivity contribution in [3.8, 4) is 23.3 Å². The molecule has 0 aliphatic rings. The zero-order chi connectivity index (χ0) is 16.7. The highest BCUT2D eigenvalue weighted by molar-refractivity contribution is 5.90. The minimum Gasteiger partial charge on any atom is -0.497 e. The van der Waals surface area contributed by atoms with Crippen LogP contribution in [0, 0.1) is 11.3 Å². The predicted molar refractivity (Wildman–Crippen MR) is 90.6 cm³/mol. The number of benzene rings is 2. The van der Waals surface area contributed by atoms with Crippen LogP contribution < -0.4 is 14.2 Å². The SMILES string of the molecule is CCOc1ccc(/C=C(\C#N)c2cc(OC)cc(OC)c2)cc1. The van der Waals surface area contributed by atoms with Gasteiger partial charge in [0.2, 0.25) is 0 Å². The van der Waals surface area contributed by atoms with E-state index in [0.29, 0.717) is 23.7 Å². The van der Waals surface area contributed by atoms with Crippen LogP contribution in [0.3, 0.4) is 0 Å². The average Bonchev–Trinajstić information content (AvgIpc) is 2.60. The molecule has 0 heterocycles. The summed E-state index contributed by atoms with van der Waals surface area (Å²) in [4.78, 5) is 0. The summed E-state index contributed by atoms with van der Waals surface area (Å²) in [5, 5.41) is 9.48. The fraction of sp³-hybridized carbons (Fsp3) is 0.211. The topological polar surface area (TPSA) is 51.5 Å². The molecule has 2 rings (SSSR count). The van der Waals surface area contributed by atoms with Gasteiger partial charge in [0, 0.05) is 6.07 Å². The number of rotatable bonds is 6. The second-order valence-electron chi connectivity index (χ2n) is 4.77. The molecule has 0 aromatic heterocycles. The fourth-order valence-electron chi connectivity index (χ4n) is 2.14. The van der Waals surface area contributed by atoms with E-state index in [1.165, 1.54) is 0 Å². The summed E-state index contributed by atoms with van der Waals surface area (Å²) >= 11 is 0. The molecule has 2 aromatic rings. The normalized spacial score (nSPS) is 10.8. The monoisotopic (exact) mass is 309 g/mol. The van der Waals surface area contributed by atoms with E-state index in [1.807, 2.05) is 49.4 Å². The Labute approximate surface area is 136 Å². The number of nitriles is 1. The van der Waals surface area contributed by atoms with Crippen molar-refractivity contribution < 1.29 is 14.2 Å². The molecule has 0 unspecified atom stereocenters. The summed E-state index contributed by atoms with van der Waals surface area (Å²) in [6.07, 6.45) is 1.82. The second kappa shape index (κ2) is 7.90. The van der Waals surface area contributed by atoms with Crippen LogP contribution in [0.25, 0.3) is 11.6 Å². The summed E-state index contributed by atoms with van der Waals surface area (Å²) in [7, 11) is 3.17. The third-order valence-corrected chi connectivity index (χ3v) is 3.29. The van der Waals surface area contributed by atoms with Crippen LogP contribution in [0.5, 0.6) is 17.2 Å². The predicted octanol–water partition coefficient (Wildman–Crippen LogP) is 4.17. The second-order valence-corrected chi connectivity index (χ2v) is 4.77. The lowest BCUT2D eigenvalue weighted by atomic mass is 10.0. The van der Waals surface area contributed by atoms with E-state index >= 15 is 0 Å². The Morgan fingerprint density at radius 2 is 1.61 bits per heavy atom. The van der Waals surface area contributed by atoms with Gasteiger partial charge >= 0.3 is 0 Å². The van der Waals surface area contributed by atoms with Crippen molar-refractivity contribution in [1.82, 2.24) is 0 Å². The summed E-state index contributed by atoms with van der Waals surface area (Å²) in [6.45, 7) is 2.57.